The van der Waals surface area contributed by atoms with Crippen molar-refractivity contribution in [2.75, 3.05) is 4.90 Å². The van der Waals surface area contributed by atoms with Crippen LogP contribution in [-0.2, 0) is 0 Å². The van der Waals surface area contributed by atoms with E-state index in [-0.39, 0.29) is 21.8 Å². The lowest BCUT2D eigenvalue weighted by molar-refractivity contribution is 0.0925. The fourth-order valence-electron chi connectivity index (χ4n) is 2.07. The van der Waals surface area contributed by atoms with Crippen molar-refractivity contribution in [3.8, 4) is 0 Å². The van der Waals surface area contributed by atoms with Gasteiger partial charge in [0.1, 0.15) is 0 Å². The van der Waals surface area contributed by atoms with E-state index < -0.39 is 17.6 Å². The molecule has 1 aliphatic heterocycles. The lowest BCUT2D eigenvalue weighted by atomic mass is 10.1. The van der Waals surface area contributed by atoms with E-state index in [0.717, 1.165) is 4.90 Å². The zero-order valence-corrected chi connectivity index (χ0v) is 10.3. The number of rotatable bonds is 1. The Morgan fingerprint density at radius 2 is 1.47 bits per heavy atom. The molecule has 0 atom stereocenters. The molecule has 0 radical (unpaired) electrons. The van der Waals surface area contributed by atoms with E-state index >= 15 is 0 Å². The second-order valence-electron chi connectivity index (χ2n) is 4.06. The standard InChI is InChI=1S/C14H7ClFNO2/c15-10-6-3-7-11(12(10)16)17-13(18)8-4-1-2-5-9(8)14(17)19/h1-7H. The minimum Gasteiger partial charge on any atom is -0.268 e. The summed E-state index contributed by atoms with van der Waals surface area (Å²) in [5, 5.41) is -0.131. The first-order valence-corrected chi connectivity index (χ1v) is 5.91. The lowest BCUT2D eigenvalue weighted by Crippen LogP contribution is -2.30. The van der Waals surface area contributed by atoms with Crippen LogP contribution in [0, 0.1) is 5.82 Å². The number of hydrogen-bond acceptors (Lipinski definition) is 2. The average molecular weight is 276 g/mol. The van der Waals surface area contributed by atoms with E-state index in [2.05, 4.69) is 0 Å². The number of hydrogen-bond donors (Lipinski definition) is 0. The number of anilines is 1. The lowest BCUT2D eigenvalue weighted by Gasteiger charge is -2.15. The molecule has 0 spiro atoms. The molecule has 3 nitrogen and oxygen atoms in total. The topological polar surface area (TPSA) is 37.4 Å². The van der Waals surface area contributed by atoms with Crippen molar-refractivity contribution in [2.24, 2.45) is 0 Å². The van der Waals surface area contributed by atoms with Crippen LogP contribution in [-0.4, -0.2) is 11.8 Å². The molecule has 0 saturated carbocycles. The minimum atomic E-state index is -0.779. The molecule has 0 fully saturated rings. The third kappa shape index (κ3) is 1.64. The van der Waals surface area contributed by atoms with Crippen LogP contribution in [0.25, 0.3) is 0 Å². The molecular weight excluding hydrogens is 269 g/mol. The van der Waals surface area contributed by atoms with Crippen LogP contribution in [0.15, 0.2) is 42.5 Å². The van der Waals surface area contributed by atoms with Gasteiger partial charge in [0.25, 0.3) is 11.8 Å². The van der Waals surface area contributed by atoms with Crippen LogP contribution in [0.2, 0.25) is 5.02 Å². The molecule has 0 N–H and O–H groups in total. The summed E-state index contributed by atoms with van der Waals surface area (Å²) in [5.74, 6) is -1.86. The van der Waals surface area contributed by atoms with Gasteiger partial charge in [0, 0.05) is 0 Å². The zero-order valence-electron chi connectivity index (χ0n) is 9.56. The Hall–Kier alpha value is -2.20. The molecule has 1 aliphatic rings. The summed E-state index contributed by atoms with van der Waals surface area (Å²) >= 11 is 5.67. The predicted molar refractivity (Wildman–Crippen MR) is 69.0 cm³/mol. The molecule has 1 heterocycles. The third-order valence-electron chi connectivity index (χ3n) is 2.97. The maximum absolute atomic E-state index is 13.9. The number of fused-ring (bicyclic) bond motifs is 1. The Morgan fingerprint density at radius 3 is 2.05 bits per heavy atom. The molecule has 0 aromatic heterocycles. The third-order valence-corrected chi connectivity index (χ3v) is 3.26. The number of carbonyl (C=O) groups is 2. The molecule has 0 aliphatic carbocycles. The average Bonchev–Trinajstić information content (AvgIpc) is 2.67. The predicted octanol–water partition coefficient (Wildman–Crippen LogP) is 3.28. The molecule has 0 unspecified atom stereocenters. The molecule has 2 aromatic carbocycles. The highest BCUT2D eigenvalue weighted by atomic mass is 35.5. The smallest absolute Gasteiger partial charge is 0.266 e. The molecular formula is C14H7ClFNO2. The van der Waals surface area contributed by atoms with E-state index in [1.807, 2.05) is 0 Å². The summed E-state index contributed by atoms with van der Waals surface area (Å²) in [4.78, 5) is 25.1. The van der Waals surface area contributed by atoms with Gasteiger partial charge in [-0.2, -0.15) is 0 Å². The van der Waals surface area contributed by atoms with Gasteiger partial charge < -0.3 is 0 Å². The van der Waals surface area contributed by atoms with E-state index in [4.69, 9.17) is 11.6 Å². The molecule has 94 valence electrons. The summed E-state index contributed by atoms with van der Waals surface area (Å²) in [5.41, 5.74) is 0.414. The highest BCUT2D eigenvalue weighted by Crippen LogP contribution is 2.32. The van der Waals surface area contributed by atoms with Gasteiger partial charge in [-0.1, -0.05) is 29.8 Å². The quantitative estimate of drug-likeness (QED) is 0.749. The molecule has 19 heavy (non-hydrogen) atoms. The first-order valence-electron chi connectivity index (χ1n) is 5.53. The highest BCUT2D eigenvalue weighted by Gasteiger charge is 2.37. The summed E-state index contributed by atoms with van der Waals surface area (Å²) in [6.07, 6.45) is 0. The van der Waals surface area contributed by atoms with Crippen LogP contribution in [0.4, 0.5) is 10.1 Å². The first kappa shape index (κ1) is 11.9. The molecule has 2 aromatic rings. The van der Waals surface area contributed by atoms with Gasteiger partial charge in [-0.3, -0.25) is 9.59 Å². The molecule has 0 bridgehead atoms. The van der Waals surface area contributed by atoms with Crippen LogP contribution >= 0.6 is 11.6 Å². The Bertz CT molecular complexity index is 679. The van der Waals surface area contributed by atoms with Gasteiger partial charge in [0.05, 0.1) is 21.8 Å². The van der Waals surface area contributed by atoms with Gasteiger partial charge >= 0.3 is 0 Å². The normalized spacial score (nSPS) is 13.9. The van der Waals surface area contributed by atoms with Crippen LogP contribution in [0.5, 0.6) is 0 Å². The first-order chi connectivity index (χ1) is 9.11. The fourth-order valence-corrected chi connectivity index (χ4v) is 2.24. The number of halogens is 2. The maximum Gasteiger partial charge on any atom is 0.266 e. The van der Waals surface area contributed by atoms with Crippen molar-refractivity contribution in [1.82, 2.24) is 0 Å². The zero-order chi connectivity index (χ0) is 13.6. The van der Waals surface area contributed by atoms with Gasteiger partial charge in [0.2, 0.25) is 0 Å². The number of benzene rings is 2. The van der Waals surface area contributed by atoms with Crippen molar-refractivity contribution in [3.63, 3.8) is 0 Å². The summed E-state index contributed by atoms with van der Waals surface area (Å²) in [6.45, 7) is 0. The number of nitrogens with zero attached hydrogens (tertiary/aromatic N) is 1. The molecule has 3 rings (SSSR count). The second kappa shape index (κ2) is 4.17. The van der Waals surface area contributed by atoms with E-state index in [0.29, 0.717) is 0 Å². The number of amides is 2. The Labute approximate surface area is 113 Å². The van der Waals surface area contributed by atoms with E-state index in [1.54, 1.807) is 12.1 Å². The summed E-state index contributed by atoms with van der Waals surface area (Å²) in [6, 6.07) is 10.6. The van der Waals surface area contributed by atoms with Crippen LogP contribution in [0.1, 0.15) is 20.7 Å². The van der Waals surface area contributed by atoms with Crippen molar-refractivity contribution < 1.29 is 14.0 Å². The van der Waals surface area contributed by atoms with Gasteiger partial charge in [0.15, 0.2) is 5.82 Å². The Kier molecular flexibility index (Phi) is 2.61. The molecule has 5 heteroatoms. The van der Waals surface area contributed by atoms with Crippen LogP contribution < -0.4 is 4.90 Å². The summed E-state index contributed by atoms with van der Waals surface area (Å²) in [7, 11) is 0. The van der Waals surface area contributed by atoms with E-state index in [1.165, 1.54) is 30.3 Å². The second-order valence-corrected chi connectivity index (χ2v) is 4.47. The number of imide groups is 1. The van der Waals surface area contributed by atoms with Crippen molar-refractivity contribution in [3.05, 3.63) is 64.4 Å². The largest absolute Gasteiger partial charge is 0.268 e. The van der Waals surface area contributed by atoms with Crippen molar-refractivity contribution in [1.29, 1.82) is 0 Å². The van der Waals surface area contributed by atoms with Gasteiger partial charge in [-0.25, -0.2) is 9.29 Å². The van der Waals surface area contributed by atoms with E-state index in [9.17, 15) is 14.0 Å². The monoisotopic (exact) mass is 275 g/mol. The minimum absolute atomic E-state index is 0.126. The SMILES string of the molecule is O=C1c2ccccc2C(=O)N1c1cccc(Cl)c1F. The van der Waals surface area contributed by atoms with Crippen molar-refractivity contribution >= 4 is 29.1 Å². The van der Waals surface area contributed by atoms with Crippen molar-refractivity contribution in [2.45, 2.75) is 0 Å². The summed E-state index contributed by atoms with van der Waals surface area (Å²) < 4.78 is 13.9. The Balaban J connectivity index is 2.17. The van der Waals surface area contributed by atoms with Crippen LogP contribution in [0.3, 0.4) is 0 Å². The Morgan fingerprint density at radius 1 is 0.895 bits per heavy atom. The number of carbonyl (C=O) groups excluding carboxylic acids is 2. The highest BCUT2D eigenvalue weighted by molar-refractivity contribution is 6.35. The molecule has 2 amide bonds. The maximum atomic E-state index is 13.9. The van der Waals surface area contributed by atoms with Gasteiger partial charge in [-0.15, -0.1) is 0 Å². The molecule has 0 saturated heterocycles. The fraction of sp³-hybridized carbons (Fsp3) is 0. The van der Waals surface area contributed by atoms with Gasteiger partial charge in [-0.05, 0) is 24.3 Å².